The number of carbonyl (C=O) groups excluding carboxylic acids is 3. The van der Waals surface area contributed by atoms with Crippen LogP contribution in [0.25, 0.3) is 6.08 Å². The number of benzene rings is 3. The first kappa shape index (κ1) is 19.7. The van der Waals surface area contributed by atoms with E-state index in [0.29, 0.717) is 11.3 Å². The molecular weight excluding hydrogens is 396 g/mol. The Labute approximate surface area is 178 Å². The highest BCUT2D eigenvalue weighted by molar-refractivity contribution is 7.99. The zero-order valence-electron chi connectivity index (χ0n) is 16.2. The van der Waals surface area contributed by atoms with Gasteiger partial charge in [0.15, 0.2) is 0 Å². The van der Waals surface area contributed by atoms with Crippen LogP contribution >= 0.6 is 11.8 Å². The van der Waals surface area contributed by atoms with E-state index < -0.39 is 17.8 Å². The summed E-state index contributed by atoms with van der Waals surface area (Å²) in [6, 6.07) is 23.8. The topological polar surface area (TPSA) is 66.5 Å². The number of imide groups is 2. The van der Waals surface area contributed by atoms with E-state index in [1.165, 1.54) is 6.08 Å². The Morgan fingerprint density at radius 3 is 2.13 bits per heavy atom. The summed E-state index contributed by atoms with van der Waals surface area (Å²) in [6.07, 6.45) is 1.51. The zero-order chi connectivity index (χ0) is 21.1. The Morgan fingerprint density at radius 1 is 0.800 bits per heavy atom. The van der Waals surface area contributed by atoms with Gasteiger partial charge in [0.1, 0.15) is 5.57 Å². The molecule has 0 aromatic heterocycles. The number of para-hydroxylation sites is 1. The summed E-state index contributed by atoms with van der Waals surface area (Å²) >= 11 is 1.62. The van der Waals surface area contributed by atoms with Crippen LogP contribution < -0.4 is 10.2 Å². The van der Waals surface area contributed by atoms with Gasteiger partial charge in [0, 0.05) is 9.79 Å². The third-order valence-electron chi connectivity index (χ3n) is 4.63. The molecule has 0 saturated carbocycles. The number of nitrogens with zero attached hydrogens (tertiary/aromatic N) is 1. The van der Waals surface area contributed by atoms with Crippen molar-refractivity contribution in [3.05, 3.63) is 95.6 Å². The molecule has 1 saturated heterocycles. The molecule has 0 aliphatic carbocycles. The third-order valence-corrected chi connectivity index (χ3v) is 5.64. The molecule has 3 aromatic rings. The molecule has 1 heterocycles. The first-order valence-corrected chi connectivity index (χ1v) is 10.1. The summed E-state index contributed by atoms with van der Waals surface area (Å²) in [7, 11) is 0. The molecule has 0 bridgehead atoms. The van der Waals surface area contributed by atoms with Gasteiger partial charge in [0.25, 0.3) is 11.8 Å². The smallest absolute Gasteiger partial charge is 0.273 e. The van der Waals surface area contributed by atoms with E-state index in [2.05, 4.69) is 5.32 Å². The summed E-state index contributed by atoms with van der Waals surface area (Å²) in [5.74, 6) is -1.33. The van der Waals surface area contributed by atoms with Gasteiger partial charge < -0.3 is 0 Å². The van der Waals surface area contributed by atoms with E-state index in [1.54, 1.807) is 36.9 Å². The van der Waals surface area contributed by atoms with E-state index in [-0.39, 0.29) is 5.57 Å². The maximum Gasteiger partial charge on any atom is 0.335 e. The standard InChI is InChI=1S/C24H18N2O3S/c1-16-7-5-6-10-21(16)26-23(28)20(22(27)25-24(26)29)15-17-11-13-19(14-12-17)30-18-8-3-2-4-9-18/h2-15H,1H3,(H,25,27,29)/b20-15+. The van der Waals surface area contributed by atoms with E-state index >= 15 is 0 Å². The molecule has 1 N–H and O–H groups in total. The summed E-state index contributed by atoms with van der Waals surface area (Å²) in [5.41, 5.74) is 1.83. The molecule has 5 nitrogen and oxygen atoms in total. The van der Waals surface area contributed by atoms with Gasteiger partial charge in [-0.1, -0.05) is 60.3 Å². The maximum absolute atomic E-state index is 13.0. The number of hydrogen-bond donors (Lipinski definition) is 1. The number of barbiturate groups is 1. The Bertz CT molecular complexity index is 1150. The average Bonchev–Trinajstić information content (AvgIpc) is 2.74. The summed E-state index contributed by atoms with van der Waals surface area (Å²) in [6.45, 7) is 1.80. The van der Waals surface area contributed by atoms with Crippen LogP contribution in [-0.2, 0) is 9.59 Å². The quantitative estimate of drug-likeness (QED) is 0.491. The second-order valence-corrected chi connectivity index (χ2v) is 7.88. The lowest BCUT2D eigenvalue weighted by Gasteiger charge is -2.27. The number of rotatable bonds is 4. The largest absolute Gasteiger partial charge is 0.335 e. The maximum atomic E-state index is 13.0. The van der Waals surface area contributed by atoms with Crippen molar-refractivity contribution in [1.29, 1.82) is 0 Å². The molecular formula is C24H18N2O3S. The van der Waals surface area contributed by atoms with E-state index in [1.807, 2.05) is 60.7 Å². The number of aryl methyl sites for hydroxylation is 1. The van der Waals surface area contributed by atoms with E-state index in [9.17, 15) is 14.4 Å². The summed E-state index contributed by atoms with van der Waals surface area (Å²) in [4.78, 5) is 40.8. The molecule has 4 rings (SSSR count). The van der Waals surface area contributed by atoms with Gasteiger partial charge in [-0.25, -0.2) is 9.69 Å². The lowest BCUT2D eigenvalue weighted by Crippen LogP contribution is -2.54. The van der Waals surface area contributed by atoms with Gasteiger partial charge in [-0.3, -0.25) is 14.9 Å². The van der Waals surface area contributed by atoms with Gasteiger partial charge in [-0.05, 0) is 54.5 Å². The number of anilines is 1. The molecule has 1 fully saturated rings. The second kappa shape index (κ2) is 8.39. The lowest BCUT2D eigenvalue weighted by molar-refractivity contribution is -0.122. The summed E-state index contributed by atoms with van der Waals surface area (Å²) < 4.78 is 0. The molecule has 30 heavy (non-hydrogen) atoms. The van der Waals surface area contributed by atoms with Gasteiger partial charge in [0.2, 0.25) is 0 Å². The van der Waals surface area contributed by atoms with Crippen LogP contribution in [0.2, 0.25) is 0 Å². The molecule has 0 radical (unpaired) electrons. The minimum Gasteiger partial charge on any atom is -0.273 e. The minimum atomic E-state index is -0.744. The van der Waals surface area contributed by atoms with Crippen LogP contribution in [0.5, 0.6) is 0 Å². The van der Waals surface area contributed by atoms with Crippen molar-refractivity contribution in [2.75, 3.05) is 4.90 Å². The first-order valence-electron chi connectivity index (χ1n) is 9.33. The highest BCUT2D eigenvalue weighted by Crippen LogP contribution is 2.28. The van der Waals surface area contributed by atoms with Crippen LogP contribution in [0.3, 0.4) is 0 Å². The monoisotopic (exact) mass is 414 g/mol. The molecule has 0 spiro atoms. The van der Waals surface area contributed by atoms with Gasteiger partial charge in [0.05, 0.1) is 5.69 Å². The zero-order valence-corrected chi connectivity index (χ0v) is 17.0. The molecule has 6 heteroatoms. The first-order chi connectivity index (χ1) is 14.5. The van der Waals surface area contributed by atoms with Gasteiger partial charge in [-0.2, -0.15) is 0 Å². The number of carbonyl (C=O) groups is 3. The van der Waals surface area contributed by atoms with E-state index in [4.69, 9.17) is 0 Å². The van der Waals surface area contributed by atoms with Crippen LogP contribution in [0.4, 0.5) is 10.5 Å². The Hall–Kier alpha value is -3.64. The normalized spacial score (nSPS) is 15.4. The van der Waals surface area contributed by atoms with Crippen molar-refractivity contribution in [2.24, 2.45) is 0 Å². The highest BCUT2D eigenvalue weighted by atomic mass is 32.2. The Kier molecular flexibility index (Phi) is 5.50. The van der Waals surface area contributed by atoms with Gasteiger partial charge >= 0.3 is 6.03 Å². The number of urea groups is 1. The molecule has 1 aliphatic rings. The van der Waals surface area contributed by atoms with Crippen molar-refractivity contribution in [3.8, 4) is 0 Å². The Balaban J connectivity index is 1.60. The number of hydrogen-bond acceptors (Lipinski definition) is 4. The molecule has 0 atom stereocenters. The van der Waals surface area contributed by atoms with E-state index in [0.717, 1.165) is 20.3 Å². The second-order valence-electron chi connectivity index (χ2n) is 6.73. The fourth-order valence-corrected chi connectivity index (χ4v) is 3.95. The Morgan fingerprint density at radius 2 is 1.43 bits per heavy atom. The van der Waals surface area contributed by atoms with Crippen LogP contribution in [0.1, 0.15) is 11.1 Å². The number of amides is 4. The van der Waals surface area contributed by atoms with Crippen LogP contribution in [-0.4, -0.2) is 17.8 Å². The van der Waals surface area contributed by atoms with Crippen molar-refractivity contribution in [1.82, 2.24) is 5.32 Å². The fourth-order valence-electron chi connectivity index (χ4n) is 3.11. The lowest BCUT2D eigenvalue weighted by atomic mass is 10.1. The predicted molar refractivity (Wildman–Crippen MR) is 117 cm³/mol. The average molecular weight is 414 g/mol. The highest BCUT2D eigenvalue weighted by Gasteiger charge is 2.37. The van der Waals surface area contributed by atoms with Crippen molar-refractivity contribution >= 4 is 41.4 Å². The van der Waals surface area contributed by atoms with Crippen LogP contribution in [0, 0.1) is 6.92 Å². The van der Waals surface area contributed by atoms with Crippen molar-refractivity contribution in [3.63, 3.8) is 0 Å². The fraction of sp³-hybridized carbons (Fsp3) is 0.0417. The molecule has 0 unspecified atom stereocenters. The van der Waals surface area contributed by atoms with Crippen molar-refractivity contribution < 1.29 is 14.4 Å². The molecule has 1 aliphatic heterocycles. The SMILES string of the molecule is Cc1ccccc1N1C(=O)NC(=O)/C(=C\c2ccc(Sc3ccccc3)cc2)C1=O. The molecule has 4 amide bonds. The molecule has 3 aromatic carbocycles. The predicted octanol–water partition coefficient (Wildman–Crippen LogP) is 4.81. The van der Waals surface area contributed by atoms with Gasteiger partial charge in [-0.15, -0.1) is 0 Å². The van der Waals surface area contributed by atoms with Crippen molar-refractivity contribution in [2.45, 2.75) is 16.7 Å². The molecule has 148 valence electrons. The minimum absolute atomic E-state index is 0.0821. The number of nitrogens with one attached hydrogen (secondary N) is 1. The summed E-state index contributed by atoms with van der Waals surface area (Å²) in [5, 5.41) is 2.25. The third kappa shape index (κ3) is 4.04. The van der Waals surface area contributed by atoms with Crippen LogP contribution in [0.15, 0.2) is 94.2 Å².